The van der Waals surface area contributed by atoms with Crippen LogP contribution in [0.15, 0.2) is 72.9 Å². The molecule has 0 saturated carbocycles. The number of carbonyl (C=O) groups is 2. The number of carbonyl (C=O) groups excluding carboxylic acids is 2. The van der Waals surface area contributed by atoms with Crippen LogP contribution in [0.2, 0.25) is 0 Å². The molecule has 2 aromatic carbocycles. The third-order valence-corrected chi connectivity index (χ3v) is 7.36. The summed E-state index contributed by atoms with van der Waals surface area (Å²) in [6.07, 6.45) is -0.942. The molecule has 4 aromatic rings. The number of halogens is 1. The standard InChI is InChI=1S/C34H38FN3O6.Na/c1-21(2)38-29(16-14-26(39)17-27(40)18-30(41)42)31(23-9-11-24(35)12-10-23)32(22-7-5-4-6-8-22)33(38)34(43)37-19-25-13-15-28(44-3)20-36-25;/h4-13,15,20-21,26-27,39-40H,14,16-19H2,1-3H3,(H,37,43)(H,41,42);/q;+1/p-1/t26-,27-;/m1./s1. The Hall–Kier alpha value is -3.54. The number of hydrogen-bond acceptors (Lipinski definition) is 7. The zero-order valence-electron chi connectivity index (χ0n) is 26.0. The maximum atomic E-state index is 14.1. The molecule has 3 N–H and O–H groups in total. The summed E-state index contributed by atoms with van der Waals surface area (Å²) in [7, 11) is 1.55. The predicted octanol–water partition coefficient (Wildman–Crippen LogP) is 1.06. The van der Waals surface area contributed by atoms with Crippen LogP contribution in [-0.4, -0.2) is 51.0 Å². The molecule has 0 unspecified atom stereocenters. The van der Waals surface area contributed by atoms with Crippen molar-refractivity contribution in [2.24, 2.45) is 0 Å². The zero-order valence-corrected chi connectivity index (χ0v) is 28.0. The average Bonchev–Trinajstić information content (AvgIpc) is 3.35. The van der Waals surface area contributed by atoms with Gasteiger partial charge < -0.3 is 34.7 Å². The Morgan fingerprint density at radius 3 is 2.22 bits per heavy atom. The molecule has 11 heteroatoms. The van der Waals surface area contributed by atoms with E-state index < -0.39 is 30.4 Å². The van der Waals surface area contributed by atoms with Gasteiger partial charge in [-0.1, -0.05) is 42.5 Å². The smallest absolute Gasteiger partial charge is 0.550 e. The minimum absolute atomic E-state index is 0. The number of hydrogen-bond donors (Lipinski definition) is 3. The monoisotopic (exact) mass is 625 g/mol. The van der Waals surface area contributed by atoms with Crippen LogP contribution in [0.1, 0.15) is 61.0 Å². The van der Waals surface area contributed by atoms with Gasteiger partial charge in [-0.2, -0.15) is 0 Å². The Morgan fingerprint density at radius 1 is 0.978 bits per heavy atom. The molecule has 0 aliphatic rings. The Labute approximate surface area is 284 Å². The molecule has 0 bridgehead atoms. The van der Waals surface area contributed by atoms with Crippen LogP contribution in [0.25, 0.3) is 22.3 Å². The Balaban J connectivity index is 0.00000552. The van der Waals surface area contributed by atoms with E-state index in [0.29, 0.717) is 28.3 Å². The van der Waals surface area contributed by atoms with E-state index in [4.69, 9.17) is 4.74 Å². The number of rotatable bonds is 14. The predicted molar refractivity (Wildman–Crippen MR) is 162 cm³/mol. The number of nitrogens with zero attached hydrogens (tertiary/aromatic N) is 2. The maximum Gasteiger partial charge on any atom is 1.00 e. The van der Waals surface area contributed by atoms with Gasteiger partial charge in [0.25, 0.3) is 5.91 Å². The summed E-state index contributed by atoms with van der Waals surface area (Å²) in [5.41, 5.74) is 4.64. The van der Waals surface area contributed by atoms with Crippen molar-refractivity contribution in [3.05, 3.63) is 95.8 Å². The second-order valence-corrected chi connectivity index (χ2v) is 10.9. The fourth-order valence-electron chi connectivity index (χ4n) is 5.39. The van der Waals surface area contributed by atoms with Crippen LogP contribution >= 0.6 is 0 Å². The minimum Gasteiger partial charge on any atom is -0.550 e. The van der Waals surface area contributed by atoms with E-state index in [-0.39, 0.29) is 67.3 Å². The SMILES string of the molecule is COc1ccc(CNC(=O)c2c(-c3ccccc3)c(-c3ccc(F)cc3)c(CC[C@@H](O)C[C@@H](O)CC(=O)[O-])n2C(C)C)nc1.[Na+]. The number of nitrogens with one attached hydrogen (secondary N) is 1. The number of amides is 1. The second kappa shape index (κ2) is 16.7. The summed E-state index contributed by atoms with van der Waals surface area (Å²) in [5, 5.41) is 34.7. The fourth-order valence-corrected chi connectivity index (χ4v) is 5.39. The Kier molecular flexibility index (Phi) is 13.3. The molecule has 45 heavy (non-hydrogen) atoms. The van der Waals surface area contributed by atoms with Crippen molar-refractivity contribution in [1.29, 1.82) is 0 Å². The number of carboxylic acids is 1. The van der Waals surface area contributed by atoms with E-state index in [1.54, 1.807) is 37.6 Å². The molecular formula is C34H37FN3NaO6. The molecule has 2 atom stereocenters. The number of carboxylic acid groups (broad SMARTS) is 1. The average molecular weight is 626 g/mol. The van der Waals surface area contributed by atoms with E-state index in [1.165, 1.54) is 12.1 Å². The van der Waals surface area contributed by atoms with Crippen LogP contribution in [0.4, 0.5) is 4.39 Å². The number of pyridine rings is 1. The van der Waals surface area contributed by atoms with Crippen molar-refractivity contribution >= 4 is 11.9 Å². The van der Waals surface area contributed by atoms with Crippen molar-refractivity contribution in [2.45, 2.75) is 64.3 Å². The second-order valence-electron chi connectivity index (χ2n) is 10.9. The van der Waals surface area contributed by atoms with E-state index >= 15 is 0 Å². The van der Waals surface area contributed by atoms with E-state index in [0.717, 1.165) is 16.8 Å². The largest absolute Gasteiger partial charge is 1.00 e. The van der Waals surface area contributed by atoms with Gasteiger partial charge in [-0.25, -0.2) is 4.39 Å². The number of methoxy groups -OCH3 is 1. The van der Waals surface area contributed by atoms with Gasteiger partial charge >= 0.3 is 29.6 Å². The molecule has 0 aliphatic carbocycles. The van der Waals surface area contributed by atoms with Gasteiger partial charge in [-0.05, 0) is 68.5 Å². The van der Waals surface area contributed by atoms with Gasteiger partial charge in [0.05, 0.1) is 37.8 Å². The molecule has 0 saturated heterocycles. The summed E-state index contributed by atoms with van der Waals surface area (Å²) in [4.78, 5) is 29.4. The maximum absolute atomic E-state index is 14.1. The molecule has 0 radical (unpaired) electrons. The molecule has 4 rings (SSSR count). The summed E-state index contributed by atoms with van der Waals surface area (Å²) in [6.45, 7) is 4.07. The molecule has 0 aliphatic heterocycles. The number of aliphatic hydroxyl groups is 2. The summed E-state index contributed by atoms with van der Waals surface area (Å²) >= 11 is 0. The van der Waals surface area contributed by atoms with Gasteiger partial charge in [-0.15, -0.1) is 0 Å². The van der Waals surface area contributed by atoms with Crippen LogP contribution in [0, 0.1) is 5.82 Å². The van der Waals surface area contributed by atoms with E-state index in [2.05, 4.69) is 10.3 Å². The van der Waals surface area contributed by atoms with Gasteiger partial charge in [0.15, 0.2) is 0 Å². The van der Waals surface area contributed by atoms with Crippen molar-refractivity contribution in [1.82, 2.24) is 14.9 Å². The number of aromatic nitrogens is 2. The van der Waals surface area contributed by atoms with Crippen LogP contribution in [0.3, 0.4) is 0 Å². The quantitative estimate of drug-likeness (QED) is 0.178. The van der Waals surface area contributed by atoms with Crippen molar-refractivity contribution in [2.75, 3.05) is 7.11 Å². The molecule has 232 valence electrons. The summed E-state index contributed by atoms with van der Waals surface area (Å²) in [6, 6.07) is 18.8. The summed E-state index contributed by atoms with van der Waals surface area (Å²) in [5.74, 6) is -1.54. The first kappa shape index (κ1) is 35.9. The zero-order chi connectivity index (χ0) is 31.8. The first-order valence-corrected chi connectivity index (χ1v) is 14.5. The summed E-state index contributed by atoms with van der Waals surface area (Å²) < 4.78 is 21.2. The molecular weight excluding hydrogens is 588 g/mol. The van der Waals surface area contributed by atoms with Gasteiger partial charge in [0.2, 0.25) is 0 Å². The number of benzene rings is 2. The minimum atomic E-state index is -1.40. The van der Waals surface area contributed by atoms with E-state index in [9.17, 15) is 29.3 Å². The van der Waals surface area contributed by atoms with Crippen molar-refractivity contribution in [3.63, 3.8) is 0 Å². The number of aliphatic hydroxyl groups excluding tert-OH is 2. The first-order valence-electron chi connectivity index (χ1n) is 14.5. The van der Waals surface area contributed by atoms with Crippen LogP contribution in [-0.2, 0) is 17.8 Å². The van der Waals surface area contributed by atoms with Crippen LogP contribution < -0.4 is 44.7 Å². The van der Waals surface area contributed by atoms with E-state index in [1.807, 2.05) is 48.7 Å². The van der Waals surface area contributed by atoms with Gasteiger partial charge in [-0.3, -0.25) is 9.78 Å². The third-order valence-electron chi connectivity index (χ3n) is 7.36. The molecule has 0 fully saturated rings. The van der Waals surface area contributed by atoms with Gasteiger partial charge in [0, 0.05) is 35.3 Å². The Morgan fingerprint density at radius 2 is 1.64 bits per heavy atom. The van der Waals surface area contributed by atoms with Crippen LogP contribution in [0.5, 0.6) is 5.75 Å². The number of aliphatic carboxylic acids is 1. The first-order chi connectivity index (χ1) is 21.1. The van der Waals surface area contributed by atoms with Crippen molar-refractivity contribution < 1.29 is 63.6 Å². The molecule has 0 spiro atoms. The normalized spacial score (nSPS) is 12.3. The molecule has 9 nitrogen and oxygen atoms in total. The topological polar surface area (TPSA) is 137 Å². The third kappa shape index (κ3) is 9.24. The van der Waals surface area contributed by atoms with Gasteiger partial charge in [0.1, 0.15) is 17.3 Å². The fraction of sp³-hybridized carbons (Fsp3) is 0.324. The molecule has 2 heterocycles. The Bertz CT molecular complexity index is 1560. The van der Waals surface area contributed by atoms with Crippen molar-refractivity contribution in [3.8, 4) is 28.0 Å². The number of ether oxygens (including phenoxy) is 1. The molecule has 1 amide bonds. The molecule has 2 aromatic heterocycles.